The average molecular weight is 358 g/mol. The van der Waals surface area contributed by atoms with Gasteiger partial charge in [-0.2, -0.15) is 5.10 Å². The highest BCUT2D eigenvalue weighted by atomic mass is 16.5. The third-order valence-electron chi connectivity index (χ3n) is 5.33. The number of rotatable bonds is 5. The van der Waals surface area contributed by atoms with Gasteiger partial charge in [-0.05, 0) is 44.0 Å². The van der Waals surface area contributed by atoms with Gasteiger partial charge in [0.15, 0.2) is 5.69 Å². The largest absolute Gasteiger partial charge is 0.478 e. The predicted molar refractivity (Wildman–Crippen MR) is 96.1 cm³/mol. The van der Waals surface area contributed by atoms with Gasteiger partial charge in [-0.25, -0.2) is 4.68 Å². The summed E-state index contributed by atoms with van der Waals surface area (Å²) >= 11 is 0. The molecule has 26 heavy (non-hydrogen) atoms. The molecule has 0 saturated carbocycles. The number of carbonyl (C=O) groups is 1. The Hall–Kier alpha value is -2.28. The number of furan rings is 1. The van der Waals surface area contributed by atoms with Crippen molar-refractivity contribution < 1.29 is 13.9 Å². The number of fused-ring (bicyclic) bond motifs is 1. The van der Waals surface area contributed by atoms with E-state index in [-0.39, 0.29) is 11.9 Å². The third-order valence-corrected chi connectivity index (χ3v) is 5.33. The minimum atomic E-state index is -0.169. The normalized spacial score (nSPS) is 19.6. The molecule has 1 atom stereocenters. The second kappa shape index (κ2) is 7.53. The number of piperidine rings is 1. The van der Waals surface area contributed by atoms with Gasteiger partial charge < -0.3 is 14.5 Å². The summed E-state index contributed by atoms with van der Waals surface area (Å²) in [6.45, 7) is 6.32. The monoisotopic (exact) mass is 358 g/mol. The zero-order valence-electron chi connectivity index (χ0n) is 15.2. The average Bonchev–Trinajstić information content (AvgIpc) is 3.33. The first kappa shape index (κ1) is 17.1. The minimum absolute atomic E-state index is 0.0509. The quantitative estimate of drug-likeness (QED) is 0.889. The van der Waals surface area contributed by atoms with Crippen molar-refractivity contribution in [3.63, 3.8) is 0 Å². The molecule has 1 N–H and O–H groups in total. The minimum Gasteiger partial charge on any atom is -0.478 e. The molecule has 0 bridgehead atoms. The molecule has 4 heterocycles. The molecule has 2 aliphatic rings. The van der Waals surface area contributed by atoms with E-state index in [1.54, 1.807) is 17.0 Å². The predicted octanol–water partition coefficient (Wildman–Crippen LogP) is 2.46. The number of hydrogen-bond acceptors (Lipinski definition) is 5. The maximum Gasteiger partial charge on any atom is 0.271 e. The highest BCUT2D eigenvalue weighted by Gasteiger charge is 2.27. The fourth-order valence-corrected chi connectivity index (χ4v) is 3.69. The Morgan fingerprint density at radius 2 is 2.23 bits per heavy atom. The van der Waals surface area contributed by atoms with Crippen LogP contribution in [0, 0.1) is 5.92 Å². The van der Waals surface area contributed by atoms with Crippen molar-refractivity contribution in [3.8, 4) is 5.88 Å². The van der Waals surface area contributed by atoms with Gasteiger partial charge in [0.25, 0.3) is 5.91 Å². The van der Waals surface area contributed by atoms with Crippen LogP contribution in [0.2, 0.25) is 0 Å². The van der Waals surface area contributed by atoms with Crippen LogP contribution >= 0.6 is 0 Å². The van der Waals surface area contributed by atoms with Crippen LogP contribution in [0.15, 0.2) is 28.9 Å². The molecule has 2 aromatic heterocycles. The van der Waals surface area contributed by atoms with Crippen LogP contribution in [0.5, 0.6) is 5.88 Å². The fourth-order valence-electron chi connectivity index (χ4n) is 3.69. The topological polar surface area (TPSA) is 72.5 Å². The lowest BCUT2D eigenvalue weighted by molar-refractivity contribution is 0.0890. The van der Waals surface area contributed by atoms with Gasteiger partial charge >= 0.3 is 0 Å². The Balaban J connectivity index is 1.42. The molecule has 0 aliphatic carbocycles. The van der Waals surface area contributed by atoms with E-state index in [0.717, 1.165) is 37.7 Å². The summed E-state index contributed by atoms with van der Waals surface area (Å²) < 4.78 is 12.9. The Morgan fingerprint density at radius 3 is 2.96 bits per heavy atom. The number of likely N-dealkylation sites (tertiary alicyclic amines) is 1. The number of aryl methyl sites for hydroxylation is 1. The summed E-state index contributed by atoms with van der Waals surface area (Å²) in [5.41, 5.74) is 0.410. The molecule has 1 unspecified atom stereocenters. The Morgan fingerprint density at radius 1 is 1.38 bits per heavy atom. The molecule has 7 nitrogen and oxygen atoms in total. The molecular weight excluding hydrogens is 332 g/mol. The zero-order valence-corrected chi connectivity index (χ0v) is 15.2. The number of hydrogen-bond donors (Lipinski definition) is 1. The van der Waals surface area contributed by atoms with E-state index in [2.05, 4.69) is 22.2 Å². The Kier molecular flexibility index (Phi) is 4.97. The lowest BCUT2D eigenvalue weighted by Gasteiger charge is -2.35. The molecule has 4 rings (SSSR count). The van der Waals surface area contributed by atoms with Crippen LogP contribution in [0.1, 0.15) is 48.5 Å². The van der Waals surface area contributed by atoms with Crippen LogP contribution in [0.4, 0.5) is 0 Å². The van der Waals surface area contributed by atoms with Crippen LogP contribution in [0.3, 0.4) is 0 Å². The maximum absolute atomic E-state index is 12.6. The summed E-state index contributed by atoms with van der Waals surface area (Å²) in [4.78, 5) is 15.0. The van der Waals surface area contributed by atoms with E-state index in [9.17, 15) is 4.79 Å². The number of nitrogens with one attached hydrogen (secondary N) is 1. The van der Waals surface area contributed by atoms with Crippen molar-refractivity contribution in [1.29, 1.82) is 0 Å². The summed E-state index contributed by atoms with van der Waals surface area (Å²) in [6.07, 6.45) is 4.97. The molecule has 0 aromatic carbocycles. The highest BCUT2D eigenvalue weighted by molar-refractivity contribution is 5.92. The first-order valence-electron chi connectivity index (χ1n) is 9.47. The smallest absolute Gasteiger partial charge is 0.271 e. The lowest BCUT2D eigenvalue weighted by atomic mass is 9.97. The van der Waals surface area contributed by atoms with Crippen molar-refractivity contribution in [2.24, 2.45) is 5.92 Å². The zero-order chi connectivity index (χ0) is 17.9. The standard InChI is InChI=1S/C19H26N4O3/c1-14-5-8-22(9-6-14)16(17-4-2-10-25-17)13-20-19(24)15-12-18-23(21-15)7-3-11-26-18/h2,4,10,12,14,16H,3,5-9,11,13H2,1H3,(H,20,24). The Labute approximate surface area is 153 Å². The van der Waals surface area contributed by atoms with Gasteiger partial charge in [-0.3, -0.25) is 9.69 Å². The lowest BCUT2D eigenvalue weighted by Crippen LogP contribution is -2.41. The molecule has 140 valence electrons. The van der Waals surface area contributed by atoms with E-state index in [1.807, 2.05) is 12.1 Å². The molecule has 1 amide bonds. The van der Waals surface area contributed by atoms with Crippen molar-refractivity contribution in [1.82, 2.24) is 20.0 Å². The van der Waals surface area contributed by atoms with Gasteiger partial charge in [0.05, 0.1) is 18.9 Å². The summed E-state index contributed by atoms with van der Waals surface area (Å²) in [5.74, 6) is 2.16. The van der Waals surface area contributed by atoms with Crippen LogP contribution in [-0.2, 0) is 6.54 Å². The van der Waals surface area contributed by atoms with E-state index >= 15 is 0 Å². The van der Waals surface area contributed by atoms with Crippen molar-refractivity contribution in [2.45, 2.75) is 38.8 Å². The number of nitrogens with zero attached hydrogens (tertiary/aromatic N) is 3. The summed E-state index contributed by atoms with van der Waals surface area (Å²) in [5, 5.41) is 7.39. The maximum atomic E-state index is 12.6. The third kappa shape index (κ3) is 3.62. The first-order chi connectivity index (χ1) is 12.7. The highest BCUT2D eigenvalue weighted by Crippen LogP contribution is 2.27. The molecule has 2 aromatic rings. The van der Waals surface area contributed by atoms with E-state index in [1.165, 1.54) is 12.8 Å². The van der Waals surface area contributed by atoms with Crippen molar-refractivity contribution in [3.05, 3.63) is 35.9 Å². The fraction of sp³-hybridized carbons (Fsp3) is 0.579. The number of ether oxygens (including phenoxy) is 1. The second-order valence-corrected chi connectivity index (χ2v) is 7.25. The summed E-state index contributed by atoms with van der Waals surface area (Å²) in [6, 6.07) is 5.66. The molecule has 1 saturated heterocycles. The van der Waals surface area contributed by atoms with Crippen LogP contribution in [0.25, 0.3) is 0 Å². The van der Waals surface area contributed by atoms with Crippen molar-refractivity contribution in [2.75, 3.05) is 26.2 Å². The van der Waals surface area contributed by atoms with E-state index in [4.69, 9.17) is 9.15 Å². The van der Waals surface area contributed by atoms with E-state index < -0.39 is 0 Å². The van der Waals surface area contributed by atoms with Crippen LogP contribution in [-0.4, -0.2) is 46.8 Å². The molecular formula is C19H26N4O3. The van der Waals surface area contributed by atoms with E-state index in [0.29, 0.717) is 24.7 Å². The van der Waals surface area contributed by atoms with Gasteiger partial charge in [-0.15, -0.1) is 0 Å². The van der Waals surface area contributed by atoms with Gasteiger partial charge in [0.2, 0.25) is 5.88 Å². The van der Waals surface area contributed by atoms with Gasteiger partial charge in [0.1, 0.15) is 5.76 Å². The molecule has 1 fully saturated rings. The molecule has 0 spiro atoms. The van der Waals surface area contributed by atoms with Gasteiger partial charge in [-0.1, -0.05) is 6.92 Å². The molecule has 2 aliphatic heterocycles. The first-order valence-corrected chi connectivity index (χ1v) is 9.47. The van der Waals surface area contributed by atoms with Crippen molar-refractivity contribution >= 4 is 5.91 Å². The van der Waals surface area contributed by atoms with Gasteiger partial charge in [0, 0.05) is 25.6 Å². The number of amides is 1. The number of carbonyl (C=O) groups excluding carboxylic acids is 1. The summed E-state index contributed by atoms with van der Waals surface area (Å²) in [7, 11) is 0. The Bertz CT molecular complexity index is 709. The molecule has 0 radical (unpaired) electrons. The SMILES string of the molecule is CC1CCN(C(CNC(=O)c2cc3n(n2)CCCO3)c2ccco2)CC1. The van der Waals surface area contributed by atoms with Crippen LogP contribution < -0.4 is 10.1 Å². The second-order valence-electron chi connectivity index (χ2n) is 7.25. The molecule has 7 heteroatoms. The number of aromatic nitrogens is 2.